The summed E-state index contributed by atoms with van der Waals surface area (Å²) in [4.78, 5) is 3.88. The normalized spacial score (nSPS) is 10.1. The lowest BCUT2D eigenvalue weighted by molar-refractivity contribution is 0.576. The molecule has 1 aromatic heterocycles. The lowest BCUT2D eigenvalue weighted by atomic mass is 10.1. The molecule has 2 rings (SSSR count). The first-order valence-corrected chi connectivity index (χ1v) is 4.46. The molecule has 0 atom stereocenters. The summed E-state index contributed by atoms with van der Waals surface area (Å²) >= 11 is 0. The monoisotopic (exact) mass is 187 g/mol. The Morgan fingerprint density at radius 2 is 1.71 bits per heavy atom. The topological polar surface area (TPSA) is 12.9 Å². The van der Waals surface area contributed by atoms with E-state index in [4.69, 9.17) is 0 Å². The van der Waals surface area contributed by atoms with Gasteiger partial charge < -0.3 is 0 Å². The van der Waals surface area contributed by atoms with Gasteiger partial charge in [-0.2, -0.15) is 4.39 Å². The van der Waals surface area contributed by atoms with Crippen LogP contribution in [0.15, 0.2) is 42.5 Å². The van der Waals surface area contributed by atoms with Crippen molar-refractivity contribution in [1.29, 1.82) is 0 Å². The Labute approximate surface area is 82.2 Å². The van der Waals surface area contributed by atoms with Crippen LogP contribution >= 0.6 is 0 Å². The molecule has 0 spiro atoms. The van der Waals surface area contributed by atoms with Gasteiger partial charge in [0.25, 0.3) is 0 Å². The van der Waals surface area contributed by atoms with Crippen molar-refractivity contribution in [1.82, 2.24) is 4.98 Å². The van der Waals surface area contributed by atoms with Crippen LogP contribution < -0.4 is 0 Å². The first-order valence-electron chi connectivity index (χ1n) is 4.46. The van der Waals surface area contributed by atoms with Crippen LogP contribution in [0.3, 0.4) is 0 Å². The van der Waals surface area contributed by atoms with Gasteiger partial charge >= 0.3 is 0 Å². The molecule has 0 aliphatic carbocycles. The number of aromatic nitrogens is 1. The van der Waals surface area contributed by atoms with E-state index in [9.17, 15) is 4.39 Å². The smallest absolute Gasteiger partial charge is 0.216 e. The molecule has 1 heterocycles. The Kier molecular flexibility index (Phi) is 2.27. The molecule has 2 heteroatoms. The minimum Gasteiger partial charge on any atom is -0.219 e. The van der Waals surface area contributed by atoms with Crippen molar-refractivity contribution in [2.45, 2.75) is 6.92 Å². The molecule has 0 N–H and O–H groups in total. The van der Waals surface area contributed by atoms with E-state index >= 15 is 0 Å². The van der Waals surface area contributed by atoms with E-state index in [1.165, 1.54) is 0 Å². The van der Waals surface area contributed by atoms with Crippen LogP contribution in [0.4, 0.5) is 4.39 Å². The van der Waals surface area contributed by atoms with E-state index < -0.39 is 5.95 Å². The second-order valence-electron chi connectivity index (χ2n) is 3.17. The van der Waals surface area contributed by atoms with Crippen molar-refractivity contribution < 1.29 is 4.39 Å². The van der Waals surface area contributed by atoms with Gasteiger partial charge in [-0.3, -0.25) is 0 Å². The number of rotatable bonds is 1. The number of hydrogen-bond donors (Lipinski definition) is 0. The van der Waals surface area contributed by atoms with Crippen molar-refractivity contribution >= 4 is 0 Å². The highest BCUT2D eigenvalue weighted by Crippen LogP contribution is 2.17. The molecule has 2 aromatic rings. The molecular formula is C12H10FN. The molecule has 70 valence electrons. The largest absolute Gasteiger partial charge is 0.219 e. The maximum atomic E-state index is 13.2. The standard InChI is InChI=1S/C12H10FN/c1-9-7-8-11(14-12(9)13)10-5-3-2-4-6-10/h2-8H,1H3. The fourth-order valence-electron chi connectivity index (χ4n) is 1.27. The number of halogens is 1. The molecule has 0 aliphatic heterocycles. The molecule has 1 nitrogen and oxygen atoms in total. The number of hydrogen-bond acceptors (Lipinski definition) is 1. The van der Waals surface area contributed by atoms with Crippen molar-refractivity contribution in [2.75, 3.05) is 0 Å². The molecule has 0 radical (unpaired) electrons. The van der Waals surface area contributed by atoms with Crippen molar-refractivity contribution in [3.63, 3.8) is 0 Å². The maximum Gasteiger partial charge on any atom is 0.216 e. The second kappa shape index (κ2) is 3.58. The predicted molar refractivity (Wildman–Crippen MR) is 54.4 cm³/mol. The summed E-state index contributed by atoms with van der Waals surface area (Å²) in [5.41, 5.74) is 2.18. The molecule has 0 fully saturated rings. The highest BCUT2D eigenvalue weighted by Gasteiger charge is 2.02. The Balaban J connectivity index is 2.48. The van der Waals surface area contributed by atoms with E-state index in [0.29, 0.717) is 11.3 Å². The van der Waals surface area contributed by atoms with Gasteiger partial charge in [0, 0.05) is 11.1 Å². The molecule has 14 heavy (non-hydrogen) atoms. The molecule has 0 unspecified atom stereocenters. The zero-order valence-electron chi connectivity index (χ0n) is 7.87. The highest BCUT2D eigenvalue weighted by molar-refractivity contribution is 5.58. The van der Waals surface area contributed by atoms with E-state index in [1.54, 1.807) is 13.0 Å². The fourth-order valence-corrected chi connectivity index (χ4v) is 1.27. The second-order valence-corrected chi connectivity index (χ2v) is 3.17. The molecule has 1 aromatic carbocycles. The lowest BCUT2D eigenvalue weighted by Gasteiger charge is -2.01. The van der Waals surface area contributed by atoms with Crippen LogP contribution in [-0.4, -0.2) is 4.98 Å². The summed E-state index contributed by atoms with van der Waals surface area (Å²) < 4.78 is 13.2. The van der Waals surface area contributed by atoms with Gasteiger partial charge in [0.1, 0.15) is 0 Å². The van der Waals surface area contributed by atoms with Crippen molar-refractivity contribution in [2.24, 2.45) is 0 Å². The minimum atomic E-state index is -0.397. The summed E-state index contributed by atoms with van der Waals surface area (Å²) in [6.07, 6.45) is 0. The van der Waals surface area contributed by atoms with Gasteiger partial charge in [0.2, 0.25) is 5.95 Å². The molecular weight excluding hydrogens is 177 g/mol. The molecule has 0 saturated heterocycles. The molecule has 0 amide bonds. The van der Waals surface area contributed by atoms with Gasteiger partial charge in [0.05, 0.1) is 5.69 Å². The number of benzene rings is 1. The molecule has 0 saturated carbocycles. The number of aryl methyl sites for hydroxylation is 1. The van der Waals surface area contributed by atoms with Crippen LogP contribution in [0.2, 0.25) is 0 Å². The van der Waals surface area contributed by atoms with E-state index in [1.807, 2.05) is 36.4 Å². The Hall–Kier alpha value is -1.70. The third-order valence-corrected chi connectivity index (χ3v) is 2.10. The zero-order valence-corrected chi connectivity index (χ0v) is 7.87. The number of nitrogens with zero attached hydrogens (tertiary/aromatic N) is 1. The van der Waals surface area contributed by atoms with Crippen LogP contribution in [0, 0.1) is 12.9 Å². The van der Waals surface area contributed by atoms with E-state index in [0.717, 1.165) is 5.56 Å². The minimum absolute atomic E-state index is 0.397. The first-order chi connectivity index (χ1) is 6.77. The fraction of sp³-hybridized carbons (Fsp3) is 0.0833. The van der Waals surface area contributed by atoms with Gasteiger partial charge in [-0.25, -0.2) is 4.98 Å². The average Bonchev–Trinajstić information content (AvgIpc) is 2.23. The maximum absolute atomic E-state index is 13.2. The third kappa shape index (κ3) is 1.64. The Morgan fingerprint density at radius 3 is 2.36 bits per heavy atom. The van der Waals surface area contributed by atoms with E-state index in [-0.39, 0.29) is 0 Å². The Morgan fingerprint density at radius 1 is 1.00 bits per heavy atom. The lowest BCUT2D eigenvalue weighted by Crippen LogP contribution is -1.90. The predicted octanol–water partition coefficient (Wildman–Crippen LogP) is 3.20. The SMILES string of the molecule is Cc1ccc(-c2ccccc2)nc1F. The van der Waals surface area contributed by atoms with Crippen molar-refractivity contribution in [3.05, 3.63) is 54.0 Å². The Bertz CT molecular complexity index is 437. The van der Waals surface area contributed by atoms with Crippen LogP contribution in [0.5, 0.6) is 0 Å². The molecule has 0 bridgehead atoms. The molecule has 0 aliphatic rings. The number of pyridine rings is 1. The van der Waals surface area contributed by atoms with Crippen molar-refractivity contribution in [3.8, 4) is 11.3 Å². The van der Waals surface area contributed by atoms with Gasteiger partial charge in [0.15, 0.2) is 0 Å². The summed E-state index contributed by atoms with van der Waals surface area (Å²) in [6.45, 7) is 1.71. The van der Waals surface area contributed by atoms with Crippen LogP contribution in [0.1, 0.15) is 5.56 Å². The summed E-state index contributed by atoms with van der Waals surface area (Å²) in [5, 5.41) is 0. The zero-order chi connectivity index (χ0) is 9.97. The summed E-state index contributed by atoms with van der Waals surface area (Å²) in [7, 11) is 0. The summed E-state index contributed by atoms with van der Waals surface area (Å²) in [5.74, 6) is -0.397. The van der Waals surface area contributed by atoms with Crippen LogP contribution in [0.25, 0.3) is 11.3 Å². The highest BCUT2D eigenvalue weighted by atomic mass is 19.1. The van der Waals surface area contributed by atoms with E-state index in [2.05, 4.69) is 4.98 Å². The van der Waals surface area contributed by atoms with Gasteiger partial charge in [-0.1, -0.05) is 36.4 Å². The quantitative estimate of drug-likeness (QED) is 0.625. The van der Waals surface area contributed by atoms with Crippen LogP contribution in [-0.2, 0) is 0 Å². The van der Waals surface area contributed by atoms with Gasteiger partial charge in [-0.15, -0.1) is 0 Å². The average molecular weight is 187 g/mol. The third-order valence-electron chi connectivity index (χ3n) is 2.10. The van der Waals surface area contributed by atoms with Gasteiger partial charge in [-0.05, 0) is 13.0 Å². The first kappa shape index (κ1) is 8.88. The summed E-state index contributed by atoms with van der Waals surface area (Å²) in [6, 6.07) is 13.1.